The van der Waals surface area contributed by atoms with Gasteiger partial charge in [-0.3, -0.25) is 9.79 Å². The molecular formula is C20H20BrN3O. The number of aliphatic imine (C=N–C) groups is 1. The molecule has 2 aromatic carbocycles. The predicted molar refractivity (Wildman–Crippen MR) is 106 cm³/mol. The average molecular weight is 398 g/mol. The summed E-state index contributed by atoms with van der Waals surface area (Å²) in [6.07, 6.45) is 4.32. The fraction of sp³-hybridized carbons (Fsp3) is 0.200. The van der Waals surface area contributed by atoms with Crippen LogP contribution >= 0.6 is 15.9 Å². The number of halogens is 1. The van der Waals surface area contributed by atoms with Gasteiger partial charge in [-0.1, -0.05) is 46.3 Å². The Kier molecular flexibility index (Phi) is 6.01. The van der Waals surface area contributed by atoms with Gasteiger partial charge in [-0.25, -0.2) is 0 Å². The van der Waals surface area contributed by atoms with Gasteiger partial charge in [0, 0.05) is 41.9 Å². The molecule has 0 aliphatic rings. The van der Waals surface area contributed by atoms with Crippen LogP contribution in [0.2, 0.25) is 0 Å². The predicted octanol–water partition coefficient (Wildman–Crippen LogP) is 4.03. The number of carbonyl (C=O) groups excluding carboxylic acids is 1. The summed E-state index contributed by atoms with van der Waals surface area (Å²) in [7, 11) is 0. The van der Waals surface area contributed by atoms with E-state index in [-0.39, 0.29) is 5.91 Å². The zero-order valence-corrected chi connectivity index (χ0v) is 15.4. The Labute approximate surface area is 155 Å². The van der Waals surface area contributed by atoms with Crippen LogP contribution in [0.3, 0.4) is 0 Å². The van der Waals surface area contributed by atoms with Crippen molar-refractivity contribution in [2.24, 2.45) is 4.99 Å². The summed E-state index contributed by atoms with van der Waals surface area (Å²) in [6.45, 7) is 1.81. The molecule has 1 amide bonds. The van der Waals surface area contributed by atoms with E-state index in [0.29, 0.717) is 26.1 Å². The second-order valence-electron chi connectivity index (χ2n) is 5.75. The molecule has 0 unspecified atom stereocenters. The van der Waals surface area contributed by atoms with Crippen LogP contribution in [-0.4, -0.2) is 29.8 Å². The van der Waals surface area contributed by atoms with E-state index in [4.69, 9.17) is 0 Å². The van der Waals surface area contributed by atoms with Crippen molar-refractivity contribution in [3.05, 3.63) is 70.8 Å². The number of hydrogen-bond acceptors (Lipinski definition) is 2. The van der Waals surface area contributed by atoms with Gasteiger partial charge in [-0.15, -0.1) is 0 Å². The first kappa shape index (κ1) is 17.4. The molecule has 3 rings (SSSR count). The van der Waals surface area contributed by atoms with Crippen LogP contribution in [-0.2, 0) is 11.3 Å². The first-order valence-corrected chi connectivity index (χ1v) is 9.08. The summed E-state index contributed by atoms with van der Waals surface area (Å²) in [5, 5.41) is 4.11. The van der Waals surface area contributed by atoms with E-state index in [0.717, 1.165) is 15.6 Å². The van der Waals surface area contributed by atoms with Gasteiger partial charge in [0.25, 0.3) is 0 Å². The van der Waals surface area contributed by atoms with E-state index in [1.165, 1.54) is 5.39 Å². The Bertz CT molecular complexity index is 868. The maximum absolute atomic E-state index is 12.0. The molecule has 1 N–H and O–H groups in total. The van der Waals surface area contributed by atoms with E-state index in [1.807, 2.05) is 48.8 Å². The number of benzene rings is 2. The molecule has 0 aliphatic heterocycles. The lowest BCUT2D eigenvalue weighted by Crippen LogP contribution is -2.26. The number of para-hydroxylation sites is 1. The van der Waals surface area contributed by atoms with Crippen molar-refractivity contribution in [3.8, 4) is 0 Å². The Morgan fingerprint density at radius 2 is 1.92 bits per heavy atom. The zero-order chi connectivity index (χ0) is 17.5. The topological polar surface area (TPSA) is 46.4 Å². The largest absolute Gasteiger partial charge is 0.354 e. The highest BCUT2D eigenvalue weighted by Gasteiger charge is 2.03. The Morgan fingerprint density at radius 1 is 1.12 bits per heavy atom. The fourth-order valence-electron chi connectivity index (χ4n) is 2.62. The Balaban J connectivity index is 1.39. The lowest BCUT2D eigenvalue weighted by Gasteiger charge is -2.06. The van der Waals surface area contributed by atoms with Crippen molar-refractivity contribution in [3.63, 3.8) is 0 Å². The van der Waals surface area contributed by atoms with Crippen LogP contribution in [0.5, 0.6) is 0 Å². The average Bonchev–Trinajstić information content (AvgIpc) is 3.04. The molecule has 0 atom stereocenters. The lowest BCUT2D eigenvalue weighted by molar-refractivity contribution is -0.121. The minimum atomic E-state index is 0.0524. The van der Waals surface area contributed by atoms with Crippen molar-refractivity contribution in [2.45, 2.75) is 13.0 Å². The molecule has 1 heterocycles. The molecule has 0 bridgehead atoms. The fourth-order valence-corrected chi connectivity index (χ4v) is 2.89. The monoisotopic (exact) mass is 397 g/mol. The molecule has 0 spiro atoms. The number of aryl methyl sites for hydroxylation is 1. The minimum Gasteiger partial charge on any atom is -0.354 e. The number of hydrogen-bond donors (Lipinski definition) is 1. The standard InChI is InChI=1S/C20H20BrN3O/c21-18-7-5-16(6-8-18)15-22-11-12-23-20(25)10-14-24-13-9-17-3-1-2-4-19(17)24/h1-9,13,15H,10-12,14H2,(H,23,25). The highest BCUT2D eigenvalue weighted by Crippen LogP contribution is 2.15. The Morgan fingerprint density at radius 3 is 2.76 bits per heavy atom. The van der Waals surface area contributed by atoms with Crippen molar-refractivity contribution < 1.29 is 4.79 Å². The number of rotatable bonds is 7. The second-order valence-corrected chi connectivity index (χ2v) is 6.67. The third kappa shape index (κ3) is 5.03. The SMILES string of the molecule is O=C(CCn1ccc2ccccc21)NCCN=Cc1ccc(Br)cc1. The quantitative estimate of drug-likeness (QED) is 0.474. The summed E-state index contributed by atoms with van der Waals surface area (Å²) in [4.78, 5) is 16.3. The van der Waals surface area contributed by atoms with Gasteiger partial charge in [0.15, 0.2) is 0 Å². The van der Waals surface area contributed by atoms with Gasteiger partial charge in [0.2, 0.25) is 5.91 Å². The second kappa shape index (κ2) is 8.62. The number of fused-ring (bicyclic) bond motifs is 1. The van der Waals surface area contributed by atoms with E-state index < -0.39 is 0 Å². The molecular weight excluding hydrogens is 378 g/mol. The molecule has 3 aromatic rings. The highest BCUT2D eigenvalue weighted by atomic mass is 79.9. The van der Waals surface area contributed by atoms with E-state index >= 15 is 0 Å². The third-order valence-electron chi connectivity index (χ3n) is 3.93. The molecule has 0 saturated carbocycles. The maximum Gasteiger partial charge on any atom is 0.221 e. The van der Waals surface area contributed by atoms with E-state index in [9.17, 15) is 4.79 Å². The summed E-state index contributed by atoms with van der Waals surface area (Å²) in [6, 6.07) is 18.2. The molecule has 0 aliphatic carbocycles. The van der Waals surface area contributed by atoms with Gasteiger partial charge in [0.05, 0.1) is 6.54 Å². The molecule has 1 aromatic heterocycles. The van der Waals surface area contributed by atoms with Gasteiger partial charge < -0.3 is 9.88 Å². The molecule has 128 valence electrons. The van der Waals surface area contributed by atoms with Crippen molar-refractivity contribution >= 4 is 39.0 Å². The molecule has 4 nitrogen and oxygen atoms in total. The number of nitrogens with one attached hydrogen (secondary N) is 1. The number of carbonyl (C=O) groups is 1. The van der Waals surface area contributed by atoms with Crippen molar-refractivity contribution in [2.75, 3.05) is 13.1 Å². The van der Waals surface area contributed by atoms with Crippen molar-refractivity contribution in [1.82, 2.24) is 9.88 Å². The molecule has 5 heteroatoms. The van der Waals surface area contributed by atoms with Gasteiger partial charge in [-0.2, -0.15) is 0 Å². The van der Waals surface area contributed by atoms with Gasteiger partial charge >= 0.3 is 0 Å². The lowest BCUT2D eigenvalue weighted by atomic mass is 10.2. The van der Waals surface area contributed by atoms with Crippen LogP contribution < -0.4 is 5.32 Å². The molecule has 25 heavy (non-hydrogen) atoms. The van der Waals surface area contributed by atoms with Crippen LogP contribution in [0.15, 0.2) is 70.3 Å². The summed E-state index contributed by atoms with van der Waals surface area (Å²) >= 11 is 3.40. The van der Waals surface area contributed by atoms with Gasteiger partial charge in [-0.05, 0) is 35.2 Å². The molecule has 0 saturated heterocycles. The van der Waals surface area contributed by atoms with E-state index in [1.54, 1.807) is 0 Å². The van der Waals surface area contributed by atoms with Crippen molar-refractivity contribution in [1.29, 1.82) is 0 Å². The van der Waals surface area contributed by atoms with Crippen LogP contribution in [0, 0.1) is 0 Å². The zero-order valence-electron chi connectivity index (χ0n) is 13.9. The van der Waals surface area contributed by atoms with Crippen LogP contribution in [0.25, 0.3) is 10.9 Å². The minimum absolute atomic E-state index is 0.0524. The molecule has 0 radical (unpaired) electrons. The van der Waals surface area contributed by atoms with Crippen LogP contribution in [0.1, 0.15) is 12.0 Å². The first-order chi connectivity index (χ1) is 12.2. The Hall–Kier alpha value is -2.40. The highest BCUT2D eigenvalue weighted by molar-refractivity contribution is 9.10. The van der Waals surface area contributed by atoms with Crippen LogP contribution in [0.4, 0.5) is 0 Å². The molecule has 0 fully saturated rings. The normalized spacial score (nSPS) is 11.2. The number of nitrogens with zero attached hydrogens (tertiary/aromatic N) is 2. The van der Waals surface area contributed by atoms with E-state index in [2.05, 4.69) is 49.0 Å². The smallest absolute Gasteiger partial charge is 0.221 e. The number of aromatic nitrogens is 1. The summed E-state index contributed by atoms with van der Waals surface area (Å²) in [5.74, 6) is 0.0524. The maximum atomic E-state index is 12.0. The number of amides is 1. The summed E-state index contributed by atoms with van der Waals surface area (Å²) in [5.41, 5.74) is 2.21. The summed E-state index contributed by atoms with van der Waals surface area (Å²) < 4.78 is 3.16. The van der Waals surface area contributed by atoms with Gasteiger partial charge in [0.1, 0.15) is 0 Å². The third-order valence-corrected chi connectivity index (χ3v) is 4.46. The first-order valence-electron chi connectivity index (χ1n) is 8.28.